The van der Waals surface area contributed by atoms with Gasteiger partial charge in [-0.05, 0) is 49.9 Å². The molecule has 1 aromatic carbocycles. The molecule has 1 N–H and O–H groups in total. The van der Waals surface area contributed by atoms with E-state index in [1.54, 1.807) is 26.2 Å². The molecule has 0 aromatic heterocycles. The first-order valence-electron chi connectivity index (χ1n) is 8.82. The summed E-state index contributed by atoms with van der Waals surface area (Å²) in [5.74, 6) is 0.198. The maximum absolute atomic E-state index is 12.7. The number of methoxy groups -OCH3 is 1. The topological polar surface area (TPSA) is 73.9 Å². The molecule has 1 heterocycles. The van der Waals surface area contributed by atoms with Crippen molar-refractivity contribution < 1.29 is 22.6 Å². The summed E-state index contributed by atoms with van der Waals surface area (Å²) in [5.41, 5.74) is 1.44. The normalized spacial score (nSPS) is 23.1. The Morgan fingerprint density at radius 3 is 2.60 bits per heavy atom. The predicted octanol–water partition coefficient (Wildman–Crippen LogP) is 2.67. The van der Waals surface area contributed by atoms with Gasteiger partial charge in [0.2, 0.25) is 10.0 Å². The van der Waals surface area contributed by atoms with Crippen LogP contribution in [0.25, 0.3) is 0 Å². The highest BCUT2D eigenvalue weighted by Crippen LogP contribution is 2.37. The summed E-state index contributed by atoms with van der Waals surface area (Å²) < 4.78 is 45.2. The van der Waals surface area contributed by atoms with Crippen molar-refractivity contribution in [1.82, 2.24) is 4.72 Å². The van der Waals surface area contributed by atoms with Crippen LogP contribution in [-0.2, 0) is 19.5 Å². The lowest BCUT2D eigenvalue weighted by molar-refractivity contribution is -0.186. The number of benzene rings is 1. The van der Waals surface area contributed by atoms with E-state index in [4.69, 9.17) is 14.2 Å². The predicted molar refractivity (Wildman–Crippen MR) is 94.3 cm³/mol. The number of nitrogens with one attached hydrogen (secondary N) is 1. The van der Waals surface area contributed by atoms with E-state index in [0.29, 0.717) is 17.9 Å². The van der Waals surface area contributed by atoms with Crippen LogP contribution in [-0.4, -0.2) is 40.6 Å². The Morgan fingerprint density at radius 2 is 1.92 bits per heavy atom. The van der Waals surface area contributed by atoms with Gasteiger partial charge in [-0.3, -0.25) is 0 Å². The van der Waals surface area contributed by atoms with Crippen LogP contribution in [0, 0.1) is 13.8 Å². The van der Waals surface area contributed by atoms with Crippen LogP contribution in [0.3, 0.4) is 0 Å². The summed E-state index contributed by atoms with van der Waals surface area (Å²) in [7, 11) is -2.03. The van der Waals surface area contributed by atoms with Gasteiger partial charge in [0.05, 0.1) is 24.7 Å². The summed E-state index contributed by atoms with van der Waals surface area (Å²) >= 11 is 0. The minimum Gasteiger partial charge on any atom is -0.496 e. The molecule has 2 fully saturated rings. The molecule has 7 heteroatoms. The average Bonchev–Trinajstić information content (AvgIpc) is 2.98. The lowest BCUT2D eigenvalue weighted by Crippen LogP contribution is -2.37. The van der Waals surface area contributed by atoms with E-state index in [0.717, 1.165) is 31.2 Å². The molecule has 1 aliphatic carbocycles. The minimum atomic E-state index is -3.61. The van der Waals surface area contributed by atoms with Crippen LogP contribution in [0.5, 0.6) is 5.75 Å². The Bertz CT molecular complexity index is 725. The van der Waals surface area contributed by atoms with Crippen molar-refractivity contribution in [3.05, 3.63) is 23.3 Å². The third-order valence-corrected chi connectivity index (χ3v) is 6.58. The maximum Gasteiger partial charge on any atom is 0.240 e. The summed E-state index contributed by atoms with van der Waals surface area (Å²) in [5, 5.41) is 0. The molecule has 140 valence electrons. The number of hydrogen-bond acceptors (Lipinski definition) is 5. The smallest absolute Gasteiger partial charge is 0.240 e. The molecule has 2 aliphatic rings. The highest BCUT2D eigenvalue weighted by molar-refractivity contribution is 7.89. The third kappa shape index (κ3) is 4.00. The second-order valence-corrected chi connectivity index (χ2v) is 8.70. The molecule has 1 atom stereocenters. The molecule has 0 bridgehead atoms. The summed E-state index contributed by atoms with van der Waals surface area (Å²) in [6.07, 6.45) is 4.96. The fourth-order valence-corrected chi connectivity index (χ4v) is 5.00. The van der Waals surface area contributed by atoms with Gasteiger partial charge in [0.15, 0.2) is 5.79 Å². The first kappa shape index (κ1) is 18.6. The van der Waals surface area contributed by atoms with Gasteiger partial charge >= 0.3 is 0 Å². The van der Waals surface area contributed by atoms with Gasteiger partial charge in [0, 0.05) is 19.4 Å². The van der Waals surface area contributed by atoms with Crippen LogP contribution in [0.1, 0.15) is 43.2 Å². The number of sulfonamides is 1. The van der Waals surface area contributed by atoms with Gasteiger partial charge in [-0.2, -0.15) is 0 Å². The molecule has 1 saturated heterocycles. The van der Waals surface area contributed by atoms with E-state index in [1.165, 1.54) is 6.42 Å². The van der Waals surface area contributed by atoms with E-state index in [-0.39, 0.29) is 17.5 Å². The number of aryl methyl sites for hydroxylation is 2. The second kappa shape index (κ2) is 7.23. The molecule has 0 amide bonds. The molecule has 1 aliphatic heterocycles. The Balaban J connectivity index is 1.66. The van der Waals surface area contributed by atoms with Gasteiger partial charge in [0.25, 0.3) is 0 Å². The van der Waals surface area contributed by atoms with Crippen molar-refractivity contribution in [2.45, 2.75) is 62.7 Å². The highest BCUT2D eigenvalue weighted by atomic mass is 32.2. The molecule has 1 spiro atoms. The van der Waals surface area contributed by atoms with Crippen molar-refractivity contribution in [3.8, 4) is 5.75 Å². The van der Waals surface area contributed by atoms with Crippen molar-refractivity contribution >= 4 is 10.0 Å². The Hall–Kier alpha value is -1.15. The van der Waals surface area contributed by atoms with E-state index in [1.807, 2.05) is 6.92 Å². The van der Waals surface area contributed by atoms with Crippen LogP contribution in [0.15, 0.2) is 17.0 Å². The van der Waals surface area contributed by atoms with Crippen LogP contribution >= 0.6 is 0 Å². The van der Waals surface area contributed by atoms with E-state index in [2.05, 4.69) is 4.72 Å². The van der Waals surface area contributed by atoms with Gasteiger partial charge in [-0.15, -0.1) is 0 Å². The molecule has 1 saturated carbocycles. The zero-order chi connectivity index (χ0) is 18.1. The molecule has 0 radical (unpaired) electrons. The molecule has 0 unspecified atom stereocenters. The summed E-state index contributed by atoms with van der Waals surface area (Å²) in [4.78, 5) is 0.275. The van der Waals surface area contributed by atoms with E-state index >= 15 is 0 Å². The zero-order valence-electron chi connectivity index (χ0n) is 15.1. The fraction of sp³-hybridized carbons (Fsp3) is 0.667. The first-order chi connectivity index (χ1) is 11.9. The zero-order valence-corrected chi connectivity index (χ0v) is 15.9. The second-order valence-electron chi connectivity index (χ2n) is 6.96. The van der Waals surface area contributed by atoms with Gasteiger partial charge in [-0.1, -0.05) is 6.42 Å². The van der Waals surface area contributed by atoms with Crippen molar-refractivity contribution in [2.75, 3.05) is 20.3 Å². The summed E-state index contributed by atoms with van der Waals surface area (Å²) in [6.45, 7) is 4.25. The van der Waals surface area contributed by atoms with E-state index < -0.39 is 15.8 Å². The molecule has 6 nitrogen and oxygen atoms in total. The number of rotatable bonds is 5. The molecular formula is C18H27NO5S. The quantitative estimate of drug-likeness (QED) is 0.864. The van der Waals surface area contributed by atoms with Gasteiger partial charge in [-0.25, -0.2) is 13.1 Å². The van der Waals surface area contributed by atoms with E-state index in [9.17, 15) is 8.42 Å². The lowest BCUT2D eigenvalue weighted by Gasteiger charge is -2.31. The number of hydrogen-bond donors (Lipinski definition) is 1. The van der Waals surface area contributed by atoms with Crippen LogP contribution < -0.4 is 9.46 Å². The molecule has 3 rings (SSSR count). The third-order valence-electron chi connectivity index (χ3n) is 5.01. The Labute approximate surface area is 149 Å². The van der Waals surface area contributed by atoms with Crippen LogP contribution in [0.4, 0.5) is 0 Å². The SMILES string of the molecule is COc1cc(C)c(S(=O)(=O)NC[C@@H]2COC3(CCCCC3)O2)cc1C. The minimum absolute atomic E-state index is 0.217. The Morgan fingerprint density at radius 1 is 1.20 bits per heavy atom. The van der Waals surface area contributed by atoms with Gasteiger partial charge < -0.3 is 14.2 Å². The first-order valence-corrected chi connectivity index (χ1v) is 10.3. The average molecular weight is 369 g/mol. The number of ether oxygens (including phenoxy) is 3. The monoisotopic (exact) mass is 369 g/mol. The lowest BCUT2D eigenvalue weighted by atomic mass is 9.94. The maximum atomic E-state index is 12.7. The summed E-state index contributed by atoms with van der Waals surface area (Å²) in [6, 6.07) is 3.39. The Kier molecular flexibility index (Phi) is 5.39. The highest BCUT2D eigenvalue weighted by Gasteiger charge is 2.42. The van der Waals surface area contributed by atoms with Crippen molar-refractivity contribution in [2.24, 2.45) is 0 Å². The molecular weight excluding hydrogens is 342 g/mol. The van der Waals surface area contributed by atoms with Crippen LogP contribution in [0.2, 0.25) is 0 Å². The fourth-order valence-electron chi connectivity index (χ4n) is 3.62. The van der Waals surface area contributed by atoms with Gasteiger partial charge in [0.1, 0.15) is 5.75 Å². The molecule has 1 aromatic rings. The largest absolute Gasteiger partial charge is 0.496 e. The van der Waals surface area contributed by atoms with Crippen molar-refractivity contribution in [3.63, 3.8) is 0 Å². The van der Waals surface area contributed by atoms with Crippen molar-refractivity contribution in [1.29, 1.82) is 0 Å². The standard InChI is InChI=1S/C18H27NO5S/c1-13-10-17(14(2)9-16(13)22-3)25(20,21)19-11-15-12-23-18(24-15)7-5-4-6-8-18/h9-10,15,19H,4-8,11-12H2,1-3H3/t15-/m1/s1. The molecule has 25 heavy (non-hydrogen) atoms.